The first kappa shape index (κ1) is 13.8. The lowest BCUT2D eigenvalue weighted by atomic mass is 10.4. The van der Waals surface area contributed by atoms with Crippen molar-refractivity contribution in [1.82, 2.24) is 5.32 Å². The first-order valence-electron chi connectivity index (χ1n) is 3.61. The topological polar surface area (TPSA) is 38.0 Å². The van der Waals surface area contributed by atoms with E-state index >= 15 is 0 Å². The van der Waals surface area contributed by atoms with Crippen LogP contribution in [-0.2, 0) is 0 Å². The predicted molar refractivity (Wildman–Crippen MR) is 59.2 cm³/mol. The molecular formula is C7H18N2S2. The van der Waals surface area contributed by atoms with Gasteiger partial charge in [-0.1, -0.05) is 26.1 Å². The van der Waals surface area contributed by atoms with Gasteiger partial charge in [-0.05, 0) is 19.9 Å². The molecule has 2 nitrogen and oxygen atoms in total. The Morgan fingerprint density at radius 3 is 1.64 bits per heavy atom. The molecule has 0 atom stereocenters. The maximum absolute atomic E-state index is 5.11. The highest BCUT2D eigenvalue weighted by atomic mass is 32.1. The molecule has 0 aliphatic rings. The molecule has 0 heterocycles. The minimum absolute atomic E-state index is 0.333. The fourth-order valence-electron chi connectivity index (χ4n) is 0.247. The lowest BCUT2D eigenvalue weighted by molar-refractivity contribution is 0.747. The quantitative estimate of drug-likeness (QED) is 0.438. The maximum atomic E-state index is 5.11. The van der Waals surface area contributed by atoms with Crippen molar-refractivity contribution >= 4 is 29.2 Å². The molecule has 0 aromatic carbocycles. The largest absolute Gasteiger partial charge is 0.369 e. The maximum Gasteiger partial charge on any atom is 0.130 e. The summed E-state index contributed by atoms with van der Waals surface area (Å²) in [5.41, 5.74) is 5.11. The molecule has 0 amide bonds. The van der Waals surface area contributed by atoms with Gasteiger partial charge in [0.1, 0.15) is 4.32 Å². The van der Waals surface area contributed by atoms with E-state index in [9.17, 15) is 0 Å². The molecule has 0 aliphatic carbocycles. The lowest BCUT2D eigenvalue weighted by Gasteiger charge is -2.03. The summed E-state index contributed by atoms with van der Waals surface area (Å²) >= 11 is 8.48. The second-order valence-corrected chi connectivity index (χ2v) is 4.01. The van der Waals surface area contributed by atoms with E-state index in [1.807, 2.05) is 27.7 Å². The fraction of sp³-hybridized carbons (Fsp3) is 0.857. The molecule has 0 aromatic heterocycles. The van der Waals surface area contributed by atoms with Crippen molar-refractivity contribution in [1.29, 1.82) is 0 Å². The molecule has 0 aromatic rings. The van der Waals surface area contributed by atoms with Gasteiger partial charge in [0.25, 0.3) is 0 Å². The second-order valence-electron chi connectivity index (χ2n) is 2.85. The van der Waals surface area contributed by atoms with Crippen molar-refractivity contribution in [3.05, 3.63) is 0 Å². The molecular weight excluding hydrogens is 176 g/mol. The van der Waals surface area contributed by atoms with Gasteiger partial charge in [0, 0.05) is 6.04 Å². The van der Waals surface area contributed by atoms with Gasteiger partial charge in [-0.25, -0.2) is 0 Å². The third kappa shape index (κ3) is 38.9. The summed E-state index contributed by atoms with van der Waals surface area (Å²) in [6.45, 7) is 7.92. The van der Waals surface area contributed by atoms with E-state index in [4.69, 9.17) is 5.73 Å². The van der Waals surface area contributed by atoms with Crippen molar-refractivity contribution in [2.24, 2.45) is 5.73 Å². The molecule has 4 heteroatoms. The number of rotatable bonds is 1. The van der Waals surface area contributed by atoms with E-state index < -0.39 is 0 Å². The average molecular weight is 194 g/mol. The third-order valence-electron chi connectivity index (χ3n) is 0.412. The predicted octanol–water partition coefficient (Wildman–Crippen LogP) is 1.55. The molecule has 3 N–H and O–H groups in total. The highest BCUT2D eigenvalue weighted by Gasteiger charge is 1.88. The SMILES string of the molecule is CC(C)N.CC(C)NC(=S)S. The fourth-order valence-corrected chi connectivity index (χ4v) is 0.741. The molecule has 0 unspecified atom stereocenters. The van der Waals surface area contributed by atoms with Crippen LogP contribution in [0.15, 0.2) is 0 Å². The summed E-state index contributed by atoms with van der Waals surface area (Å²) in [5.74, 6) is 0. The molecule has 0 spiro atoms. The van der Waals surface area contributed by atoms with Crippen LogP contribution >= 0.6 is 24.8 Å². The summed E-state index contributed by atoms with van der Waals surface area (Å²) in [4.78, 5) is 0. The standard InChI is InChI=1S/C4H9NS2.C3H9N/c1-3(2)5-4(6)7;1-3(2)4/h3H,1-2H3,(H2,5,6,7);3H,4H2,1-2H3. The van der Waals surface area contributed by atoms with Gasteiger partial charge in [-0.2, -0.15) is 0 Å². The van der Waals surface area contributed by atoms with E-state index in [0.29, 0.717) is 16.4 Å². The Morgan fingerprint density at radius 1 is 1.36 bits per heavy atom. The minimum atomic E-state index is 0.333. The lowest BCUT2D eigenvalue weighted by Crippen LogP contribution is -2.24. The average Bonchev–Trinajstić information content (AvgIpc) is 1.56. The Hall–Kier alpha value is 0.200. The van der Waals surface area contributed by atoms with E-state index in [0.717, 1.165) is 0 Å². The number of hydrogen-bond acceptors (Lipinski definition) is 2. The van der Waals surface area contributed by atoms with Crippen LogP contribution in [0.3, 0.4) is 0 Å². The van der Waals surface area contributed by atoms with Crippen molar-refractivity contribution in [2.75, 3.05) is 0 Å². The van der Waals surface area contributed by atoms with Gasteiger partial charge in [-0.15, -0.1) is 12.6 Å². The summed E-state index contributed by atoms with van der Waals surface area (Å²) in [5, 5.41) is 2.90. The summed E-state index contributed by atoms with van der Waals surface area (Å²) < 4.78 is 0.565. The molecule has 0 saturated carbocycles. The Balaban J connectivity index is 0. The van der Waals surface area contributed by atoms with Crippen LogP contribution in [0, 0.1) is 0 Å². The number of nitrogens with two attached hydrogens (primary N) is 1. The van der Waals surface area contributed by atoms with Gasteiger partial charge >= 0.3 is 0 Å². The van der Waals surface area contributed by atoms with Crippen LogP contribution in [0.2, 0.25) is 0 Å². The number of thiocarbonyl (C=S) groups is 1. The van der Waals surface area contributed by atoms with Crippen LogP contribution in [-0.4, -0.2) is 16.4 Å². The van der Waals surface area contributed by atoms with Gasteiger partial charge < -0.3 is 11.1 Å². The second kappa shape index (κ2) is 8.30. The van der Waals surface area contributed by atoms with Gasteiger partial charge in [-0.3, -0.25) is 0 Å². The van der Waals surface area contributed by atoms with Crippen molar-refractivity contribution < 1.29 is 0 Å². The molecule has 11 heavy (non-hydrogen) atoms. The monoisotopic (exact) mass is 194 g/mol. The van der Waals surface area contributed by atoms with Gasteiger partial charge in [0.15, 0.2) is 0 Å². The minimum Gasteiger partial charge on any atom is -0.369 e. The molecule has 0 saturated heterocycles. The zero-order chi connectivity index (χ0) is 9.44. The van der Waals surface area contributed by atoms with Crippen LogP contribution in [0.1, 0.15) is 27.7 Å². The van der Waals surface area contributed by atoms with Gasteiger partial charge in [0.05, 0.1) is 0 Å². The summed E-state index contributed by atoms with van der Waals surface area (Å²) in [7, 11) is 0. The first-order chi connectivity index (χ1) is 4.86. The summed E-state index contributed by atoms with van der Waals surface area (Å²) in [6.07, 6.45) is 0. The number of thiol groups is 1. The van der Waals surface area contributed by atoms with Crippen molar-refractivity contribution in [2.45, 2.75) is 39.8 Å². The molecule has 0 aliphatic heterocycles. The number of hydrogen-bond donors (Lipinski definition) is 3. The summed E-state index contributed by atoms with van der Waals surface area (Å²) in [6, 6.07) is 0.741. The Labute approximate surface area is 80.3 Å². The molecule has 0 rings (SSSR count). The molecule has 0 radical (unpaired) electrons. The zero-order valence-corrected chi connectivity index (χ0v) is 9.30. The highest BCUT2D eigenvalue weighted by molar-refractivity contribution is 8.11. The highest BCUT2D eigenvalue weighted by Crippen LogP contribution is 1.81. The van der Waals surface area contributed by atoms with Crippen LogP contribution < -0.4 is 11.1 Å². The van der Waals surface area contributed by atoms with E-state index in [-0.39, 0.29) is 0 Å². The van der Waals surface area contributed by atoms with Crippen LogP contribution in [0.25, 0.3) is 0 Å². The normalized spacial score (nSPS) is 9.09. The Bertz CT molecular complexity index is 99.9. The van der Waals surface area contributed by atoms with E-state index in [1.54, 1.807) is 0 Å². The number of nitrogens with one attached hydrogen (secondary N) is 1. The molecule has 68 valence electrons. The smallest absolute Gasteiger partial charge is 0.130 e. The Kier molecular flexibility index (Phi) is 10.4. The first-order valence-corrected chi connectivity index (χ1v) is 4.46. The molecule has 0 bridgehead atoms. The van der Waals surface area contributed by atoms with Gasteiger partial charge in [0.2, 0.25) is 0 Å². The van der Waals surface area contributed by atoms with Crippen LogP contribution in [0.5, 0.6) is 0 Å². The molecule has 0 fully saturated rings. The van der Waals surface area contributed by atoms with E-state index in [2.05, 4.69) is 30.2 Å². The van der Waals surface area contributed by atoms with Crippen molar-refractivity contribution in [3.63, 3.8) is 0 Å². The van der Waals surface area contributed by atoms with E-state index in [1.165, 1.54) is 0 Å². The third-order valence-corrected chi connectivity index (χ3v) is 0.659. The Morgan fingerprint density at radius 2 is 1.64 bits per heavy atom. The van der Waals surface area contributed by atoms with Crippen molar-refractivity contribution in [3.8, 4) is 0 Å². The van der Waals surface area contributed by atoms with Crippen LogP contribution in [0.4, 0.5) is 0 Å². The zero-order valence-electron chi connectivity index (χ0n) is 7.59.